The van der Waals surface area contributed by atoms with E-state index in [-0.39, 0.29) is 6.03 Å². The van der Waals surface area contributed by atoms with Crippen LogP contribution in [-0.2, 0) is 13.1 Å². The molecule has 2 aromatic carbocycles. The van der Waals surface area contributed by atoms with Crippen LogP contribution in [0.3, 0.4) is 0 Å². The van der Waals surface area contributed by atoms with Gasteiger partial charge in [0.2, 0.25) is 5.89 Å². The lowest BCUT2D eigenvalue weighted by molar-refractivity contribution is 0.240. The van der Waals surface area contributed by atoms with Crippen molar-refractivity contribution in [3.05, 3.63) is 77.7 Å². The Morgan fingerprint density at radius 1 is 1.00 bits per heavy atom. The summed E-state index contributed by atoms with van der Waals surface area (Å²) in [6.45, 7) is 2.84. The summed E-state index contributed by atoms with van der Waals surface area (Å²) in [5, 5.41) is 5.59. The Labute approximate surface area is 140 Å². The van der Waals surface area contributed by atoms with Gasteiger partial charge in [-0.1, -0.05) is 48.0 Å². The summed E-state index contributed by atoms with van der Waals surface area (Å²) >= 11 is 0. The molecule has 0 saturated carbocycles. The Balaban J connectivity index is 1.48. The number of aryl methyl sites for hydroxylation is 1. The quantitative estimate of drug-likeness (QED) is 0.754. The van der Waals surface area contributed by atoms with Crippen LogP contribution in [0, 0.1) is 6.92 Å². The number of nitrogens with one attached hydrogen (secondary N) is 2. The standard InChI is InChI=1S/C19H19N3O2/c1-14-7-9-15(10-8-14)11-20-19(23)21-12-17-13-24-18(22-17)16-5-3-2-4-6-16/h2-10,13H,11-12H2,1H3,(H2,20,21,23). The SMILES string of the molecule is Cc1ccc(CNC(=O)NCc2coc(-c3ccccc3)n2)cc1. The van der Waals surface area contributed by atoms with Crippen molar-refractivity contribution in [1.82, 2.24) is 15.6 Å². The van der Waals surface area contributed by atoms with Gasteiger partial charge >= 0.3 is 6.03 Å². The molecule has 3 rings (SSSR count). The van der Waals surface area contributed by atoms with E-state index in [0.29, 0.717) is 24.7 Å². The van der Waals surface area contributed by atoms with Crippen LogP contribution in [0.5, 0.6) is 0 Å². The first-order valence-electron chi connectivity index (χ1n) is 7.78. The summed E-state index contributed by atoms with van der Waals surface area (Å²) in [4.78, 5) is 16.2. The number of aromatic nitrogens is 1. The van der Waals surface area contributed by atoms with Gasteiger partial charge in [0.05, 0.1) is 12.2 Å². The maximum Gasteiger partial charge on any atom is 0.315 e. The molecule has 122 valence electrons. The number of hydrogen-bond donors (Lipinski definition) is 2. The first-order chi connectivity index (χ1) is 11.7. The molecule has 0 unspecified atom stereocenters. The van der Waals surface area contributed by atoms with Crippen LogP contribution in [0.1, 0.15) is 16.8 Å². The fraction of sp³-hybridized carbons (Fsp3) is 0.158. The Kier molecular flexibility index (Phi) is 4.91. The molecule has 2 N–H and O–H groups in total. The van der Waals surface area contributed by atoms with Crippen molar-refractivity contribution in [3.8, 4) is 11.5 Å². The summed E-state index contributed by atoms with van der Waals surface area (Å²) in [5.41, 5.74) is 3.85. The van der Waals surface area contributed by atoms with Gasteiger partial charge in [-0.2, -0.15) is 0 Å². The minimum Gasteiger partial charge on any atom is -0.444 e. The van der Waals surface area contributed by atoms with Crippen molar-refractivity contribution in [2.45, 2.75) is 20.0 Å². The molecule has 3 aromatic rings. The largest absolute Gasteiger partial charge is 0.444 e. The van der Waals surface area contributed by atoms with E-state index in [1.165, 1.54) is 5.56 Å². The van der Waals surface area contributed by atoms with E-state index in [1.54, 1.807) is 6.26 Å². The highest BCUT2D eigenvalue weighted by Crippen LogP contribution is 2.17. The number of oxazole rings is 1. The summed E-state index contributed by atoms with van der Waals surface area (Å²) < 4.78 is 5.44. The number of hydrogen-bond acceptors (Lipinski definition) is 3. The average Bonchev–Trinajstić information content (AvgIpc) is 3.09. The minimum atomic E-state index is -0.236. The monoisotopic (exact) mass is 321 g/mol. The number of rotatable bonds is 5. The third-order valence-corrected chi connectivity index (χ3v) is 3.58. The van der Waals surface area contributed by atoms with Crippen molar-refractivity contribution in [3.63, 3.8) is 0 Å². The van der Waals surface area contributed by atoms with Crippen molar-refractivity contribution in [1.29, 1.82) is 0 Å². The Bertz CT molecular complexity index is 795. The van der Waals surface area contributed by atoms with E-state index in [1.807, 2.05) is 61.5 Å². The maximum atomic E-state index is 11.9. The van der Waals surface area contributed by atoms with Gasteiger partial charge in [-0.25, -0.2) is 9.78 Å². The van der Waals surface area contributed by atoms with Crippen LogP contribution in [0.2, 0.25) is 0 Å². The summed E-state index contributed by atoms with van der Waals surface area (Å²) in [7, 11) is 0. The molecule has 24 heavy (non-hydrogen) atoms. The number of carbonyl (C=O) groups excluding carboxylic acids is 1. The van der Waals surface area contributed by atoms with Gasteiger partial charge in [0.15, 0.2) is 0 Å². The van der Waals surface area contributed by atoms with Crippen LogP contribution < -0.4 is 10.6 Å². The van der Waals surface area contributed by atoms with E-state index < -0.39 is 0 Å². The highest BCUT2D eigenvalue weighted by atomic mass is 16.3. The Hall–Kier alpha value is -3.08. The van der Waals surface area contributed by atoms with Crippen LogP contribution >= 0.6 is 0 Å². The number of carbonyl (C=O) groups is 1. The lowest BCUT2D eigenvalue weighted by Crippen LogP contribution is -2.34. The summed E-state index contributed by atoms with van der Waals surface area (Å²) in [6.07, 6.45) is 1.56. The topological polar surface area (TPSA) is 67.2 Å². The molecule has 5 heteroatoms. The van der Waals surface area contributed by atoms with Crippen molar-refractivity contribution < 1.29 is 9.21 Å². The van der Waals surface area contributed by atoms with E-state index in [4.69, 9.17) is 4.42 Å². The molecule has 0 aliphatic rings. The predicted octanol–water partition coefficient (Wildman–Crippen LogP) is 3.65. The second-order valence-corrected chi connectivity index (χ2v) is 5.53. The summed E-state index contributed by atoms with van der Waals surface area (Å²) in [5.74, 6) is 0.549. The molecular formula is C19H19N3O2. The van der Waals surface area contributed by atoms with Gasteiger partial charge in [0.1, 0.15) is 6.26 Å². The number of urea groups is 1. The van der Waals surface area contributed by atoms with Gasteiger partial charge in [-0.15, -0.1) is 0 Å². The molecule has 0 aliphatic heterocycles. The molecular weight excluding hydrogens is 302 g/mol. The number of nitrogens with zero attached hydrogens (tertiary/aromatic N) is 1. The molecule has 0 atom stereocenters. The zero-order valence-corrected chi connectivity index (χ0v) is 13.5. The molecule has 5 nitrogen and oxygen atoms in total. The van der Waals surface area contributed by atoms with Gasteiger partial charge < -0.3 is 15.1 Å². The van der Waals surface area contributed by atoms with E-state index in [2.05, 4.69) is 15.6 Å². The molecule has 0 bridgehead atoms. The maximum absolute atomic E-state index is 11.9. The predicted molar refractivity (Wildman–Crippen MR) is 92.2 cm³/mol. The zero-order chi connectivity index (χ0) is 16.8. The van der Waals surface area contributed by atoms with E-state index in [0.717, 1.165) is 11.1 Å². The van der Waals surface area contributed by atoms with E-state index in [9.17, 15) is 4.79 Å². The summed E-state index contributed by atoms with van der Waals surface area (Å²) in [6, 6.07) is 17.5. The Morgan fingerprint density at radius 3 is 2.46 bits per heavy atom. The fourth-order valence-electron chi connectivity index (χ4n) is 2.22. The second kappa shape index (κ2) is 7.46. The zero-order valence-electron chi connectivity index (χ0n) is 13.5. The number of amides is 2. The molecule has 1 heterocycles. The third-order valence-electron chi connectivity index (χ3n) is 3.58. The smallest absolute Gasteiger partial charge is 0.315 e. The minimum absolute atomic E-state index is 0.236. The molecule has 1 aromatic heterocycles. The van der Waals surface area contributed by atoms with Gasteiger partial charge in [0.25, 0.3) is 0 Å². The van der Waals surface area contributed by atoms with Crippen LogP contribution in [0.25, 0.3) is 11.5 Å². The molecule has 0 saturated heterocycles. The van der Waals surface area contributed by atoms with Crippen LogP contribution in [0.4, 0.5) is 4.79 Å². The molecule has 0 fully saturated rings. The first-order valence-corrected chi connectivity index (χ1v) is 7.78. The third kappa shape index (κ3) is 4.23. The molecule has 0 radical (unpaired) electrons. The highest BCUT2D eigenvalue weighted by molar-refractivity contribution is 5.73. The van der Waals surface area contributed by atoms with Crippen molar-refractivity contribution in [2.75, 3.05) is 0 Å². The molecule has 2 amide bonds. The lowest BCUT2D eigenvalue weighted by atomic mass is 10.1. The van der Waals surface area contributed by atoms with E-state index >= 15 is 0 Å². The van der Waals surface area contributed by atoms with Gasteiger partial charge in [-0.3, -0.25) is 0 Å². The molecule has 0 aliphatic carbocycles. The van der Waals surface area contributed by atoms with Crippen molar-refractivity contribution in [2.24, 2.45) is 0 Å². The average molecular weight is 321 g/mol. The second-order valence-electron chi connectivity index (χ2n) is 5.53. The lowest BCUT2D eigenvalue weighted by Gasteiger charge is -2.06. The first kappa shape index (κ1) is 15.8. The van der Waals surface area contributed by atoms with Gasteiger partial charge in [-0.05, 0) is 24.6 Å². The molecule has 0 spiro atoms. The van der Waals surface area contributed by atoms with Crippen LogP contribution in [-0.4, -0.2) is 11.0 Å². The van der Waals surface area contributed by atoms with Crippen LogP contribution in [0.15, 0.2) is 65.3 Å². The Morgan fingerprint density at radius 2 is 1.71 bits per heavy atom. The van der Waals surface area contributed by atoms with Crippen molar-refractivity contribution >= 4 is 6.03 Å². The van der Waals surface area contributed by atoms with Gasteiger partial charge in [0, 0.05) is 12.1 Å². The highest BCUT2D eigenvalue weighted by Gasteiger charge is 2.07. The normalized spacial score (nSPS) is 10.4. The number of benzene rings is 2. The fourth-order valence-corrected chi connectivity index (χ4v) is 2.22.